The van der Waals surface area contributed by atoms with Crippen LogP contribution in [0.15, 0.2) is 24.3 Å². The molecule has 0 bridgehead atoms. The van der Waals surface area contributed by atoms with Gasteiger partial charge in [-0.15, -0.1) is 11.6 Å². The number of rotatable bonds is 5. The zero-order valence-electron chi connectivity index (χ0n) is 8.59. The van der Waals surface area contributed by atoms with Crippen LogP contribution in [-0.2, 0) is 6.54 Å². The Balaban J connectivity index is 2.57. The smallest absolute Gasteiger partial charge is 0.123 e. The van der Waals surface area contributed by atoms with Crippen molar-refractivity contribution in [2.45, 2.75) is 19.5 Å². The summed E-state index contributed by atoms with van der Waals surface area (Å²) in [4.78, 5) is 0. The van der Waals surface area contributed by atoms with Gasteiger partial charge in [-0.3, -0.25) is 0 Å². The van der Waals surface area contributed by atoms with Gasteiger partial charge in [0.25, 0.3) is 0 Å². The molecule has 3 heteroatoms. The van der Waals surface area contributed by atoms with E-state index >= 15 is 0 Å². The summed E-state index contributed by atoms with van der Waals surface area (Å²) in [5.41, 5.74) is 1.16. The lowest BCUT2D eigenvalue weighted by Gasteiger charge is -2.12. The molecule has 78 valence electrons. The highest BCUT2D eigenvalue weighted by Crippen LogP contribution is 2.16. The third-order valence-corrected chi connectivity index (χ3v) is 2.53. The van der Waals surface area contributed by atoms with Gasteiger partial charge in [-0.1, -0.05) is 18.2 Å². The average molecular weight is 214 g/mol. The molecule has 1 aromatic rings. The van der Waals surface area contributed by atoms with Crippen LogP contribution in [0.5, 0.6) is 5.75 Å². The van der Waals surface area contributed by atoms with Crippen molar-refractivity contribution in [3.63, 3.8) is 0 Å². The van der Waals surface area contributed by atoms with Crippen LogP contribution in [0.4, 0.5) is 0 Å². The minimum Gasteiger partial charge on any atom is -0.496 e. The van der Waals surface area contributed by atoms with Crippen LogP contribution < -0.4 is 10.1 Å². The molecule has 0 aliphatic rings. The van der Waals surface area contributed by atoms with Crippen molar-refractivity contribution in [1.82, 2.24) is 5.32 Å². The minimum atomic E-state index is 0.321. The number of halogens is 1. The number of hydrogen-bond donors (Lipinski definition) is 1. The maximum absolute atomic E-state index is 5.70. The van der Waals surface area contributed by atoms with Crippen LogP contribution in [0.1, 0.15) is 12.5 Å². The fraction of sp³-hybridized carbons (Fsp3) is 0.455. The molecule has 0 saturated heterocycles. The molecule has 0 saturated carbocycles. The number of benzene rings is 1. The van der Waals surface area contributed by atoms with Gasteiger partial charge in [-0.05, 0) is 13.0 Å². The van der Waals surface area contributed by atoms with E-state index in [-0.39, 0.29) is 0 Å². The number of ether oxygens (including phenoxy) is 1. The summed E-state index contributed by atoms with van der Waals surface area (Å²) in [6.45, 7) is 2.85. The highest BCUT2D eigenvalue weighted by molar-refractivity contribution is 6.18. The predicted octanol–water partition coefficient (Wildman–Crippen LogP) is 2.41. The van der Waals surface area contributed by atoms with Crippen molar-refractivity contribution in [1.29, 1.82) is 0 Å². The topological polar surface area (TPSA) is 21.3 Å². The largest absolute Gasteiger partial charge is 0.496 e. The Kier molecular flexibility index (Phi) is 4.77. The summed E-state index contributed by atoms with van der Waals surface area (Å²) in [5.74, 6) is 1.54. The monoisotopic (exact) mass is 213 g/mol. The van der Waals surface area contributed by atoms with E-state index in [1.807, 2.05) is 24.3 Å². The maximum Gasteiger partial charge on any atom is 0.123 e. The second-order valence-electron chi connectivity index (χ2n) is 3.25. The number of alkyl halides is 1. The normalized spacial score (nSPS) is 12.5. The Morgan fingerprint density at radius 1 is 1.43 bits per heavy atom. The maximum atomic E-state index is 5.70. The van der Waals surface area contributed by atoms with Gasteiger partial charge in [0.05, 0.1) is 7.11 Å². The zero-order chi connectivity index (χ0) is 10.4. The van der Waals surface area contributed by atoms with Gasteiger partial charge in [0.2, 0.25) is 0 Å². The molecule has 0 aliphatic heterocycles. The Morgan fingerprint density at radius 3 is 2.79 bits per heavy atom. The van der Waals surface area contributed by atoms with Gasteiger partial charge >= 0.3 is 0 Å². The number of nitrogens with one attached hydrogen (secondary N) is 1. The van der Waals surface area contributed by atoms with Crippen LogP contribution in [-0.4, -0.2) is 19.0 Å². The first-order chi connectivity index (χ1) is 6.77. The van der Waals surface area contributed by atoms with Crippen molar-refractivity contribution in [2.75, 3.05) is 13.0 Å². The molecule has 0 radical (unpaired) electrons. The molecule has 1 aromatic carbocycles. The lowest BCUT2D eigenvalue weighted by atomic mass is 10.2. The molecule has 0 amide bonds. The van der Waals surface area contributed by atoms with Crippen molar-refractivity contribution >= 4 is 11.6 Å². The van der Waals surface area contributed by atoms with Crippen LogP contribution in [0.3, 0.4) is 0 Å². The fourth-order valence-electron chi connectivity index (χ4n) is 1.19. The van der Waals surface area contributed by atoms with Crippen molar-refractivity contribution in [3.05, 3.63) is 29.8 Å². The molecule has 2 nitrogen and oxygen atoms in total. The van der Waals surface area contributed by atoms with E-state index in [2.05, 4.69) is 12.2 Å². The quantitative estimate of drug-likeness (QED) is 0.759. The summed E-state index contributed by atoms with van der Waals surface area (Å²) in [5, 5.41) is 3.31. The van der Waals surface area contributed by atoms with Crippen LogP contribution in [0, 0.1) is 0 Å². The fourth-order valence-corrected chi connectivity index (χ4v) is 1.30. The SMILES string of the molecule is COc1ccccc1CNC(C)CCl. The van der Waals surface area contributed by atoms with Crippen LogP contribution in [0.25, 0.3) is 0 Å². The van der Waals surface area contributed by atoms with E-state index < -0.39 is 0 Å². The molecular weight excluding hydrogens is 198 g/mol. The van der Waals surface area contributed by atoms with Gasteiger partial charge < -0.3 is 10.1 Å². The lowest BCUT2D eigenvalue weighted by Crippen LogP contribution is -2.26. The molecule has 1 N–H and O–H groups in total. The molecule has 0 heterocycles. The molecule has 1 unspecified atom stereocenters. The first kappa shape index (κ1) is 11.3. The van der Waals surface area contributed by atoms with Gasteiger partial charge in [0.1, 0.15) is 5.75 Å². The number of para-hydroxylation sites is 1. The van der Waals surface area contributed by atoms with Crippen molar-refractivity contribution in [3.8, 4) is 5.75 Å². The van der Waals surface area contributed by atoms with Crippen molar-refractivity contribution in [2.24, 2.45) is 0 Å². The molecule has 1 rings (SSSR count). The minimum absolute atomic E-state index is 0.321. The Morgan fingerprint density at radius 2 is 2.14 bits per heavy atom. The second kappa shape index (κ2) is 5.89. The second-order valence-corrected chi connectivity index (χ2v) is 3.56. The number of hydrogen-bond acceptors (Lipinski definition) is 2. The van der Waals surface area contributed by atoms with E-state index in [0.717, 1.165) is 17.9 Å². The molecular formula is C11H16ClNO. The summed E-state index contributed by atoms with van der Waals surface area (Å²) in [7, 11) is 1.68. The van der Waals surface area contributed by atoms with Gasteiger partial charge in [0.15, 0.2) is 0 Å². The van der Waals surface area contributed by atoms with Crippen LogP contribution >= 0.6 is 11.6 Å². The van der Waals surface area contributed by atoms with Crippen LogP contribution in [0.2, 0.25) is 0 Å². The van der Waals surface area contributed by atoms with E-state index in [1.54, 1.807) is 7.11 Å². The lowest BCUT2D eigenvalue weighted by molar-refractivity contribution is 0.406. The van der Waals surface area contributed by atoms with E-state index in [1.165, 1.54) is 0 Å². The summed E-state index contributed by atoms with van der Waals surface area (Å²) in [6.07, 6.45) is 0. The summed E-state index contributed by atoms with van der Waals surface area (Å²) in [6, 6.07) is 8.30. The molecule has 1 atom stereocenters. The third-order valence-electron chi connectivity index (χ3n) is 2.06. The van der Waals surface area contributed by atoms with E-state index in [0.29, 0.717) is 11.9 Å². The summed E-state index contributed by atoms with van der Waals surface area (Å²) < 4.78 is 5.24. The molecule has 0 fully saturated rings. The standard InChI is InChI=1S/C11H16ClNO/c1-9(7-12)13-8-10-5-3-4-6-11(10)14-2/h3-6,9,13H,7-8H2,1-2H3. The highest BCUT2D eigenvalue weighted by Gasteiger charge is 2.03. The average Bonchev–Trinajstić information content (AvgIpc) is 2.26. The Hall–Kier alpha value is -0.730. The molecule has 0 aliphatic carbocycles. The predicted molar refractivity (Wildman–Crippen MR) is 60.0 cm³/mol. The van der Waals surface area contributed by atoms with Gasteiger partial charge in [-0.25, -0.2) is 0 Å². The molecule has 0 aromatic heterocycles. The Bertz CT molecular complexity index is 278. The van der Waals surface area contributed by atoms with Gasteiger partial charge in [-0.2, -0.15) is 0 Å². The molecule has 14 heavy (non-hydrogen) atoms. The van der Waals surface area contributed by atoms with E-state index in [9.17, 15) is 0 Å². The summed E-state index contributed by atoms with van der Waals surface area (Å²) >= 11 is 5.70. The van der Waals surface area contributed by atoms with E-state index in [4.69, 9.17) is 16.3 Å². The molecule has 0 spiro atoms. The number of methoxy groups -OCH3 is 1. The zero-order valence-corrected chi connectivity index (χ0v) is 9.34. The first-order valence-corrected chi connectivity index (χ1v) is 5.22. The third kappa shape index (κ3) is 3.20. The first-order valence-electron chi connectivity index (χ1n) is 4.69. The van der Waals surface area contributed by atoms with Crippen molar-refractivity contribution < 1.29 is 4.74 Å². The highest BCUT2D eigenvalue weighted by atomic mass is 35.5. The Labute approximate surface area is 90.2 Å². The van der Waals surface area contributed by atoms with Gasteiger partial charge in [0, 0.05) is 24.0 Å².